The molecule has 20 heavy (non-hydrogen) atoms. The first-order valence-corrected chi connectivity index (χ1v) is 7.08. The average Bonchev–Trinajstić information content (AvgIpc) is 2.39. The van der Waals surface area contributed by atoms with Crippen molar-refractivity contribution < 1.29 is 18.0 Å². The minimum atomic E-state index is -4.83. The molecule has 4 nitrogen and oxygen atoms in total. The van der Waals surface area contributed by atoms with Crippen molar-refractivity contribution in [2.24, 2.45) is 5.73 Å². The number of likely N-dealkylation sites (tertiary alicyclic amines) is 1. The first kappa shape index (κ1) is 19.2. The Bertz CT molecular complexity index is 297. The molecule has 3 unspecified atom stereocenters. The molecule has 1 fully saturated rings. The summed E-state index contributed by atoms with van der Waals surface area (Å²) < 4.78 is 37.7. The Hall–Kier alpha value is -0.820. The molecule has 1 amide bonds. The molecule has 0 saturated carbocycles. The third kappa shape index (κ3) is 4.94. The van der Waals surface area contributed by atoms with E-state index in [0.717, 1.165) is 11.3 Å². The van der Waals surface area contributed by atoms with Gasteiger partial charge in [0.25, 0.3) is 0 Å². The molecule has 0 aromatic heterocycles. The molecule has 1 heterocycles. The Balaban J connectivity index is 0.00000172. The lowest BCUT2D eigenvalue weighted by molar-refractivity contribution is -0.192. The zero-order valence-corrected chi connectivity index (χ0v) is 12.6. The van der Waals surface area contributed by atoms with Crippen LogP contribution < -0.4 is 11.1 Å². The molecule has 0 aromatic carbocycles. The van der Waals surface area contributed by atoms with E-state index in [2.05, 4.69) is 5.32 Å². The van der Waals surface area contributed by atoms with Gasteiger partial charge in [0, 0.05) is 24.7 Å². The predicted molar refractivity (Wildman–Crippen MR) is 73.3 cm³/mol. The summed E-state index contributed by atoms with van der Waals surface area (Å²) in [5.74, 6) is -1.77. The summed E-state index contributed by atoms with van der Waals surface area (Å²) in [6.07, 6.45) is -2.92. The van der Waals surface area contributed by atoms with Crippen molar-refractivity contribution in [2.75, 3.05) is 13.6 Å². The van der Waals surface area contributed by atoms with Crippen molar-refractivity contribution in [3.8, 4) is 0 Å². The molecule has 120 valence electrons. The fourth-order valence-electron chi connectivity index (χ4n) is 2.52. The normalized spacial score (nSPS) is 24.7. The predicted octanol–water partition coefficient (Wildman–Crippen LogP) is 1.89. The molecule has 0 spiro atoms. The zero-order valence-electron chi connectivity index (χ0n) is 12.6. The summed E-state index contributed by atoms with van der Waals surface area (Å²) in [5, 5.41) is 2.83. The number of likely N-dealkylation sites (N-methyl/N-ethyl adjacent to an activating group) is 1. The summed E-state index contributed by atoms with van der Waals surface area (Å²) in [6.45, 7) is 6.03. The van der Waals surface area contributed by atoms with Crippen molar-refractivity contribution in [1.29, 1.82) is 0 Å². The minimum Gasteiger partial charge on any atom is -0.328 e. The van der Waals surface area contributed by atoms with E-state index in [1.54, 1.807) is 14.0 Å². The third-order valence-corrected chi connectivity index (χ3v) is 3.37. The van der Waals surface area contributed by atoms with E-state index >= 15 is 0 Å². The van der Waals surface area contributed by atoms with Crippen molar-refractivity contribution >= 4 is 5.91 Å². The molecule has 7 heteroatoms. The van der Waals surface area contributed by atoms with Gasteiger partial charge in [-0.1, -0.05) is 13.8 Å². The van der Waals surface area contributed by atoms with E-state index < -0.39 is 30.2 Å². The van der Waals surface area contributed by atoms with Crippen molar-refractivity contribution in [2.45, 2.75) is 64.3 Å². The molecule has 1 rings (SSSR count). The molecule has 0 aromatic rings. The van der Waals surface area contributed by atoms with Crippen LogP contribution in [0.2, 0.25) is 0 Å². The van der Waals surface area contributed by atoms with E-state index in [1.807, 2.05) is 13.8 Å². The van der Waals surface area contributed by atoms with Crippen LogP contribution in [0.4, 0.5) is 13.2 Å². The Labute approximate surface area is 118 Å². The molecule has 0 bridgehead atoms. The van der Waals surface area contributed by atoms with Crippen molar-refractivity contribution in [3.63, 3.8) is 0 Å². The summed E-state index contributed by atoms with van der Waals surface area (Å²) in [7, 11) is 1.68. The number of nitrogens with one attached hydrogen (secondary N) is 1. The second kappa shape index (κ2) is 8.46. The van der Waals surface area contributed by atoms with Crippen LogP contribution in [0.1, 0.15) is 40.0 Å². The van der Waals surface area contributed by atoms with E-state index in [-0.39, 0.29) is 0 Å². The van der Waals surface area contributed by atoms with Gasteiger partial charge in [-0.3, -0.25) is 4.79 Å². The standard InChI is InChI=1S/C11H20F3N3O.C2H6/c1-7-4-3-5-9(8(15)6-16-2)17(7)10(18)11(12,13)14;1-2/h7-9,16H,3-6,15H2,1-2H3;1-2H3. The van der Waals surface area contributed by atoms with Crippen LogP contribution in [-0.4, -0.2) is 48.7 Å². The number of halogens is 3. The van der Waals surface area contributed by atoms with Crippen molar-refractivity contribution in [3.05, 3.63) is 0 Å². The lowest BCUT2D eigenvalue weighted by Crippen LogP contribution is -2.60. The second-order valence-corrected chi connectivity index (χ2v) is 4.78. The smallest absolute Gasteiger partial charge is 0.328 e. The Morgan fingerprint density at radius 2 is 1.95 bits per heavy atom. The highest BCUT2D eigenvalue weighted by Crippen LogP contribution is 2.29. The molecule has 0 aliphatic carbocycles. The zero-order chi connectivity index (χ0) is 15.9. The van der Waals surface area contributed by atoms with Gasteiger partial charge in [-0.25, -0.2) is 0 Å². The van der Waals surface area contributed by atoms with Crippen LogP contribution in [0.3, 0.4) is 0 Å². The summed E-state index contributed by atoms with van der Waals surface area (Å²) in [5.41, 5.74) is 5.87. The fourth-order valence-corrected chi connectivity index (χ4v) is 2.52. The number of piperidine rings is 1. The molecular weight excluding hydrogens is 271 g/mol. The number of amides is 1. The maximum Gasteiger partial charge on any atom is 0.471 e. The Morgan fingerprint density at radius 3 is 2.40 bits per heavy atom. The first-order valence-electron chi connectivity index (χ1n) is 7.08. The van der Waals surface area contributed by atoms with E-state index in [4.69, 9.17) is 5.73 Å². The topological polar surface area (TPSA) is 58.4 Å². The maximum absolute atomic E-state index is 12.6. The monoisotopic (exact) mass is 297 g/mol. The SMILES string of the molecule is CC.CNCC(N)C1CCCC(C)N1C(=O)C(F)(F)F. The summed E-state index contributed by atoms with van der Waals surface area (Å²) in [6, 6.07) is -1.44. The van der Waals surface area contributed by atoms with Gasteiger partial charge in [0.1, 0.15) is 0 Å². The Morgan fingerprint density at radius 1 is 1.40 bits per heavy atom. The van der Waals surface area contributed by atoms with Gasteiger partial charge >= 0.3 is 12.1 Å². The summed E-state index contributed by atoms with van der Waals surface area (Å²) >= 11 is 0. The van der Waals surface area contributed by atoms with Gasteiger partial charge in [0.2, 0.25) is 0 Å². The lowest BCUT2D eigenvalue weighted by Gasteiger charge is -2.43. The number of rotatable bonds is 3. The quantitative estimate of drug-likeness (QED) is 0.836. The third-order valence-electron chi connectivity index (χ3n) is 3.37. The summed E-state index contributed by atoms with van der Waals surface area (Å²) in [4.78, 5) is 12.4. The number of carbonyl (C=O) groups excluding carboxylic acids is 1. The van der Waals surface area contributed by atoms with Crippen LogP contribution in [0.5, 0.6) is 0 Å². The van der Waals surface area contributed by atoms with Gasteiger partial charge in [0.15, 0.2) is 0 Å². The molecule has 3 N–H and O–H groups in total. The number of hydrogen-bond acceptors (Lipinski definition) is 3. The highest BCUT2D eigenvalue weighted by molar-refractivity contribution is 5.82. The first-order chi connectivity index (χ1) is 9.29. The van der Waals surface area contributed by atoms with Gasteiger partial charge in [0.05, 0.1) is 0 Å². The Kier molecular flexibility index (Phi) is 8.12. The molecule has 0 radical (unpaired) electrons. The lowest BCUT2D eigenvalue weighted by atomic mass is 9.91. The second-order valence-electron chi connectivity index (χ2n) is 4.78. The van der Waals surface area contributed by atoms with Crippen LogP contribution in [0.15, 0.2) is 0 Å². The number of carbonyl (C=O) groups is 1. The van der Waals surface area contributed by atoms with Crippen LogP contribution in [0.25, 0.3) is 0 Å². The largest absolute Gasteiger partial charge is 0.471 e. The maximum atomic E-state index is 12.6. The van der Waals surface area contributed by atoms with Gasteiger partial charge in [-0.15, -0.1) is 0 Å². The average molecular weight is 297 g/mol. The van der Waals surface area contributed by atoms with Gasteiger partial charge in [-0.05, 0) is 33.2 Å². The van der Waals surface area contributed by atoms with Crippen LogP contribution in [0, 0.1) is 0 Å². The van der Waals surface area contributed by atoms with E-state index in [0.29, 0.717) is 19.4 Å². The van der Waals surface area contributed by atoms with E-state index in [1.165, 1.54) is 0 Å². The highest BCUT2D eigenvalue weighted by atomic mass is 19.4. The number of hydrogen-bond donors (Lipinski definition) is 2. The fraction of sp³-hybridized carbons (Fsp3) is 0.923. The molecule has 1 saturated heterocycles. The van der Waals surface area contributed by atoms with Gasteiger partial charge < -0.3 is 16.0 Å². The molecule has 3 atom stereocenters. The minimum absolute atomic E-state index is 0.388. The van der Waals surface area contributed by atoms with Crippen molar-refractivity contribution in [1.82, 2.24) is 10.2 Å². The van der Waals surface area contributed by atoms with E-state index in [9.17, 15) is 18.0 Å². The number of alkyl halides is 3. The highest BCUT2D eigenvalue weighted by Gasteiger charge is 2.48. The molecular formula is C13H26F3N3O. The van der Waals surface area contributed by atoms with Crippen LogP contribution >= 0.6 is 0 Å². The number of nitrogens with zero attached hydrogens (tertiary/aromatic N) is 1. The van der Waals surface area contributed by atoms with Gasteiger partial charge in [-0.2, -0.15) is 13.2 Å². The number of nitrogens with two attached hydrogens (primary N) is 1. The van der Waals surface area contributed by atoms with Crippen LogP contribution in [-0.2, 0) is 4.79 Å². The molecule has 1 aliphatic heterocycles. The molecule has 1 aliphatic rings.